The van der Waals surface area contributed by atoms with Gasteiger partial charge in [0.25, 0.3) is 0 Å². The topological polar surface area (TPSA) is 15.3 Å². The van der Waals surface area contributed by atoms with Gasteiger partial charge in [0.1, 0.15) is 0 Å². The highest BCUT2D eigenvalue weighted by Crippen LogP contribution is 2.31. The predicted octanol–water partition coefficient (Wildman–Crippen LogP) is 4.36. The van der Waals surface area contributed by atoms with Gasteiger partial charge >= 0.3 is 0 Å². The van der Waals surface area contributed by atoms with Crippen LogP contribution >= 0.6 is 15.9 Å². The van der Waals surface area contributed by atoms with Crippen molar-refractivity contribution in [2.75, 3.05) is 18.0 Å². The van der Waals surface area contributed by atoms with Crippen LogP contribution in [-0.2, 0) is 0 Å². The van der Waals surface area contributed by atoms with Crippen LogP contribution in [0.3, 0.4) is 0 Å². The molecule has 0 aliphatic carbocycles. The normalized spacial score (nSPS) is 23.4. The van der Waals surface area contributed by atoms with E-state index in [0.29, 0.717) is 12.1 Å². The first-order chi connectivity index (χ1) is 9.51. The van der Waals surface area contributed by atoms with Crippen molar-refractivity contribution < 1.29 is 0 Å². The van der Waals surface area contributed by atoms with Gasteiger partial charge in [-0.25, -0.2) is 0 Å². The molecule has 0 radical (unpaired) electrons. The van der Waals surface area contributed by atoms with Crippen molar-refractivity contribution in [3.05, 3.63) is 28.2 Å². The molecule has 0 spiro atoms. The minimum absolute atomic E-state index is 0.594. The summed E-state index contributed by atoms with van der Waals surface area (Å²) in [7, 11) is 0. The summed E-state index contributed by atoms with van der Waals surface area (Å²) in [5, 5.41) is 3.73. The van der Waals surface area contributed by atoms with Gasteiger partial charge in [-0.15, -0.1) is 0 Å². The molecule has 1 aromatic carbocycles. The van der Waals surface area contributed by atoms with Gasteiger partial charge in [-0.2, -0.15) is 0 Å². The number of benzene rings is 1. The van der Waals surface area contributed by atoms with Crippen LogP contribution in [-0.4, -0.2) is 25.2 Å². The van der Waals surface area contributed by atoms with Crippen molar-refractivity contribution in [3.63, 3.8) is 0 Å². The van der Waals surface area contributed by atoms with Gasteiger partial charge in [0.2, 0.25) is 0 Å². The third-order valence-corrected chi connectivity index (χ3v) is 4.81. The molecule has 2 rings (SSSR count). The fraction of sp³-hybridized carbons (Fsp3) is 0.647. The molecule has 0 amide bonds. The van der Waals surface area contributed by atoms with E-state index in [1.54, 1.807) is 0 Å². The second-order valence-electron chi connectivity index (χ2n) is 6.40. The molecule has 1 N–H and O–H groups in total. The molecule has 3 heteroatoms. The first kappa shape index (κ1) is 15.8. The zero-order valence-electron chi connectivity index (χ0n) is 13.1. The van der Waals surface area contributed by atoms with E-state index in [1.165, 1.54) is 28.6 Å². The lowest BCUT2D eigenvalue weighted by Gasteiger charge is -2.42. The van der Waals surface area contributed by atoms with Gasteiger partial charge < -0.3 is 10.2 Å². The van der Waals surface area contributed by atoms with Gasteiger partial charge in [-0.05, 0) is 59.3 Å². The fourth-order valence-electron chi connectivity index (χ4n) is 3.09. The minimum Gasteiger partial charge on any atom is -0.365 e. The van der Waals surface area contributed by atoms with Gasteiger partial charge in [0, 0.05) is 29.6 Å². The highest BCUT2D eigenvalue weighted by molar-refractivity contribution is 9.10. The van der Waals surface area contributed by atoms with Crippen molar-refractivity contribution in [2.45, 2.75) is 52.6 Å². The van der Waals surface area contributed by atoms with Gasteiger partial charge in [0.05, 0.1) is 5.69 Å². The molecule has 2 atom stereocenters. The average Bonchev–Trinajstić information content (AvgIpc) is 2.41. The Bertz CT molecular complexity index is 445. The standard InChI is InChI=1S/C17H27BrN2/c1-5-15-10-19-14(8-12(2)3)11-20(15)17-9-13(4)6-7-16(17)18/h6-7,9,12,14-15,19H,5,8,10-11H2,1-4H3. The van der Waals surface area contributed by atoms with Crippen LogP contribution in [0.25, 0.3) is 0 Å². The van der Waals surface area contributed by atoms with Crippen LogP contribution in [0, 0.1) is 12.8 Å². The third kappa shape index (κ3) is 3.76. The Balaban J connectivity index is 2.22. The first-order valence-electron chi connectivity index (χ1n) is 7.77. The maximum atomic E-state index is 3.73. The largest absolute Gasteiger partial charge is 0.365 e. The molecule has 1 aromatic rings. The molecular formula is C17H27BrN2. The Morgan fingerprint density at radius 3 is 2.80 bits per heavy atom. The molecule has 1 fully saturated rings. The van der Waals surface area contributed by atoms with E-state index < -0.39 is 0 Å². The monoisotopic (exact) mass is 338 g/mol. The highest BCUT2D eigenvalue weighted by atomic mass is 79.9. The molecule has 1 saturated heterocycles. The lowest BCUT2D eigenvalue weighted by molar-refractivity contribution is 0.343. The van der Waals surface area contributed by atoms with Crippen LogP contribution in [0.15, 0.2) is 22.7 Å². The van der Waals surface area contributed by atoms with Gasteiger partial charge in [0.15, 0.2) is 0 Å². The molecule has 2 unspecified atom stereocenters. The molecule has 1 heterocycles. The maximum absolute atomic E-state index is 3.73. The van der Waals surface area contributed by atoms with E-state index in [-0.39, 0.29) is 0 Å². The quantitative estimate of drug-likeness (QED) is 0.877. The molecule has 20 heavy (non-hydrogen) atoms. The van der Waals surface area contributed by atoms with E-state index in [2.05, 4.69) is 72.0 Å². The molecule has 0 bridgehead atoms. The third-order valence-electron chi connectivity index (χ3n) is 4.14. The van der Waals surface area contributed by atoms with Crippen molar-refractivity contribution in [3.8, 4) is 0 Å². The van der Waals surface area contributed by atoms with E-state index in [1.807, 2.05) is 0 Å². The number of hydrogen-bond acceptors (Lipinski definition) is 2. The Kier molecular flexibility index (Phi) is 5.50. The number of rotatable bonds is 4. The average molecular weight is 339 g/mol. The maximum Gasteiger partial charge on any atom is 0.0516 e. The zero-order chi connectivity index (χ0) is 14.7. The number of nitrogens with zero attached hydrogens (tertiary/aromatic N) is 1. The van der Waals surface area contributed by atoms with Crippen LogP contribution < -0.4 is 10.2 Å². The van der Waals surface area contributed by atoms with Gasteiger partial charge in [-0.1, -0.05) is 26.8 Å². The number of aryl methyl sites for hydroxylation is 1. The Labute approximate surface area is 132 Å². The summed E-state index contributed by atoms with van der Waals surface area (Å²) in [5.74, 6) is 0.744. The Morgan fingerprint density at radius 2 is 2.15 bits per heavy atom. The smallest absolute Gasteiger partial charge is 0.0516 e. The van der Waals surface area contributed by atoms with Crippen LogP contribution in [0.2, 0.25) is 0 Å². The van der Waals surface area contributed by atoms with Crippen LogP contribution in [0.5, 0.6) is 0 Å². The predicted molar refractivity (Wildman–Crippen MR) is 91.5 cm³/mol. The molecule has 0 aromatic heterocycles. The summed E-state index contributed by atoms with van der Waals surface area (Å²) in [6.07, 6.45) is 2.43. The van der Waals surface area contributed by atoms with Crippen molar-refractivity contribution in [1.82, 2.24) is 5.32 Å². The van der Waals surface area contributed by atoms with E-state index in [4.69, 9.17) is 0 Å². The van der Waals surface area contributed by atoms with Crippen LogP contribution in [0.4, 0.5) is 5.69 Å². The van der Waals surface area contributed by atoms with Crippen LogP contribution in [0.1, 0.15) is 39.2 Å². The fourth-order valence-corrected chi connectivity index (χ4v) is 3.57. The molecule has 1 aliphatic heterocycles. The summed E-state index contributed by atoms with van der Waals surface area (Å²) in [4.78, 5) is 2.60. The number of hydrogen-bond donors (Lipinski definition) is 1. The van der Waals surface area contributed by atoms with E-state index >= 15 is 0 Å². The Hall–Kier alpha value is -0.540. The first-order valence-corrected chi connectivity index (χ1v) is 8.56. The van der Waals surface area contributed by atoms with Crippen molar-refractivity contribution in [2.24, 2.45) is 5.92 Å². The number of halogens is 1. The molecule has 1 aliphatic rings. The highest BCUT2D eigenvalue weighted by Gasteiger charge is 2.28. The lowest BCUT2D eigenvalue weighted by atomic mass is 9.98. The summed E-state index contributed by atoms with van der Waals surface area (Å²) in [6.45, 7) is 11.3. The van der Waals surface area contributed by atoms with E-state index in [0.717, 1.165) is 19.0 Å². The molecular weight excluding hydrogens is 312 g/mol. The Morgan fingerprint density at radius 1 is 1.40 bits per heavy atom. The summed E-state index contributed by atoms with van der Waals surface area (Å²) >= 11 is 3.73. The minimum atomic E-state index is 0.594. The molecule has 112 valence electrons. The van der Waals surface area contributed by atoms with Crippen molar-refractivity contribution in [1.29, 1.82) is 0 Å². The summed E-state index contributed by atoms with van der Waals surface area (Å²) in [5.41, 5.74) is 2.68. The number of nitrogens with one attached hydrogen (secondary N) is 1. The second kappa shape index (κ2) is 6.95. The SMILES string of the molecule is CCC1CNC(CC(C)C)CN1c1cc(C)ccc1Br. The second-order valence-corrected chi connectivity index (χ2v) is 7.26. The lowest BCUT2D eigenvalue weighted by Crippen LogP contribution is -2.57. The summed E-state index contributed by atoms with van der Waals surface area (Å²) in [6, 6.07) is 7.85. The number of anilines is 1. The molecule has 0 saturated carbocycles. The number of piperazine rings is 1. The van der Waals surface area contributed by atoms with Crippen molar-refractivity contribution >= 4 is 21.6 Å². The zero-order valence-corrected chi connectivity index (χ0v) is 14.7. The van der Waals surface area contributed by atoms with Gasteiger partial charge in [-0.3, -0.25) is 0 Å². The summed E-state index contributed by atoms with van der Waals surface area (Å²) < 4.78 is 1.21. The molecule has 2 nitrogen and oxygen atoms in total. The van der Waals surface area contributed by atoms with E-state index in [9.17, 15) is 0 Å².